The summed E-state index contributed by atoms with van der Waals surface area (Å²) in [5.41, 5.74) is 8.43. The van der Waals surface area contributed by atoms with E-state index >= 15 is 0 Å². The lowest BCUT2D eigenvalue weighted by molar-refractivity contribution is -0.156. The minimum atomic E-state index is -0.522. The van der Waals surface area contributed by atoms with Gasteiger partial charge in [-0.3, -0.25) is 4.79 Å². The number of allylic oxidation sites excluding steroid dienone is 1. The highest BCUT2D eigenvalue weighted by Gasteiger charge is 2.33. The zero-order valence-corrected chi connectivity index (χ0v) is 22.5. The van der Waals surface area contributed by atoms with Crippen LogP contribution in [0.5, 0.6) is 0 Å². The van der Waals surface area contributed by atoms with Crippen LogP contribution in [0.3, 0.4) is 0 Å². The van der Waals surface area contributed by atoms with Crippen LogP contribution in [0.25, 0.3) is 11.1 Å². The van der Waals surface area contributed by atoms with Crippen LogP contribution in [0.1, 0.15) is 72.3 Å². The third kappa shape index (κ3) is 5.66. The number of amides is 1. The van der Waals surface area contributed by atoms with Crippen molar-refractivity contribution >= 4 is 5.91 Å². The van der Waals surface area contributed by atoms with Crippen LogP contribution < -0.4 is 0 Å². The van der Waals surface area contributed by atoms with Crippen LogP contribution in [-0.4, -0.2) is 35.3 Å². The number of carbonyl (C=O) groups is 1. The molecule has 202 valence electrons. The van der Waals surface area contributed by atoms with Crippen LogP contribution in [0, 0.1) is 0 Å². The predicted octanol–water partition coefficient (Wildman–Crippen LogP) is 6.47. The Morgan fingerprint density at radius 3 is 2.38 bits per heavy atom. The second kappa shape index (κ2) is 11.8. The van der Waals surface area contributed by atoms with E-state index in [1.807, 2.05) is 29.2 Å². The van der Waals surface area contributed by atoms with E-state index in [0.717, 1.165) is 43.5 Å². The molecule has 5 nitrogen and oxygen atoms in total. The van der Waals surface area contributed by atoms with Crippen molar-refractivity contribution in [1.82, 2.24) is 4.90 Å². The van der Waals surface area contributed by atoms with Gasteiger partial charge in [0.2, 0.25) is 6.29 Å². The second-order valence-corrected chi connectivity index (χ2v) is 11.0. The van der Waals surface area contributed by atoms with E-state index in [4.69, 9.17) is 9.47 Å². The lowest BCUT2D eigenvalue weighted by Gasteiger charge is -2.33. The van der Waals surface area contributed by atoms with Crippen molar-refractivity contribution in [3.8, 4) is 11.1 Å². The quantitative estimate of drug-likeness (QED) is 0.315. The molecular formula is C34H37NO4. The van der Waals surface area contributed by atoms with Gasteiger partial charge in [-0.05, 0) is 64.3 Å². The van der Waals surface area contributed by atoms with Gasteiger partial charge in [-0.1, -0.05) is 86.0 Å². The van der Waals surface area contributed by atoms with Crippen molar-refractivity contribution in [2.24, 2.45) is 0 Å². The van der Waals surface area contributed by atoms with Gasteiger partial charge in [-0.15, -0.1) is 0 Å². The Morgan fingerprint density at radius 1 is 0.872 bits per heavy atom. The summed E-state index contributed by atoms with van der Waals surface area (Å²) in [5.74, 6) is 0.428. The minimum Gasteiger partial charge on any atom is -0.459 e. The van der Waals surface area contributed by atoms with Crippen molar-refractivity contribution in [3.05, 3.63) is 106 Å². The molecule has 2 unspecified atom stereocenters. The SMILES string of the molecule is O=C(C1=CC(c2cccc3c2Cc2ccccc2-3)CC(OCc2ccc(CO)cc2)O1)N1CCCCCCC1. The highest BCUT2D eigenvalue weighted by Crippen LogP contribution is 2.43. The summed E-state index contributed by atoms with van der Waals surface area (Å²) >= 11 is 0. The third-order valence-electron chi connectivity index (χ3n) is 8.34. The van der Waals surface area contributed by atoms with Crippen LogP contribution in [0.2, 0.25) is 0 Å². The molecule has 0 spiro atoms. The molecule has 1 aliphatic carbocycles. The first-order valence-corrected chi connectivity index (χ1v) is 14.4. The van der Waals surface area contributed by atoms with Crippen molar-refractivity contribution in [1.29, 1.82) is 0 Å². The molecule has 1 fully saturated rings. The van der Waals surface area contributed by atoms with Crippen LogP contribution in [0.4, 0.5) is 0 Å². The van der Waals surface area contributed by atoms with Crippen LogP contribution in [-0.2, 0) is 33.9 Å². The van der Waals surface area contributed by atoms with Gasteiger partial charge in [0.1, 0.15) is 0 Å². The summed E-state index contributed by atoms with van der Waals surface area (Å²) in [6, 6.07) is 22.9. The summed E-state index contributed by atoms with van der Waals surface area (Å²) in [5, 5.41) is 9.35. The highest BCUT2D eigenvalue weighted by atomic mass is 16.7. The minimum absolute atomic E-state index is 0.0154. The first kappa shape index (κ1) is 25.8. The molecule has 1 amide bonds. The normalized spacial score (nSPS) is 20.7. The fraction of sp³-hybridized carbons (Fsp3) is 0.382. The monoisotopic (exact) mass is 523 g/mol. The molecule has 3 aliphatic rings. The molecule has 3 aromatic carbocycles. The summed E-state index contributed by atoms with van der Waals surface area (Å²) in [6.45, 7) is 1.96. The number of benzene rings is 3. The summed E-state index contributed by atoms with van der Waals surface area (Å²) in [6.07, 6.45) is 8.76. The maximum Gasteiger partial charge on any atom is 0.288 e. The van der Waals surface area contributed by atoms with E-state index in [0.29, 0.717) is 18.8 Å². The van der Waals surface area contributed by atoms with Gasteiger partial charge in [-0.25, -0.2) is 0 Å². The molecule has 3 aromatic rings. The van der Waals surface area contributed by atoms with E-state index in [9.17, 15) is 9.90 Å². The van der Waals surface area contributed by atoms with Crippen molar-refractivity contribution in [2.75, 3.05) is 13.1 Å². The topological polar surface area (TPSA) is 59.0 Å². The number of hydrogen-bond acceptors (Lipinski definition) is 4. The number of aliphatic hydroxyl groups excluding tert-OH is 1. The molecule has 0 bridgehead atoms. The van der Waals surface area contributed by atoms with Crippen molar-refractivity contribution in [3.63, 3.8) is 0 Å². The van der Waals surface area contributed by atoms with Gasteiger partial charge >= 0.3 is 0 Å². The molecule has 2 atom stereocenters. The molecule has 2 heterocycles. The van der Waals surface area contributed by atoms with E-state index in [2.05, 4.69) is 48.5 Å². The number of ether oxygens (including phenoxy) is 2. The Morgan fingerprint density at radius 2 is 1.59 bits per heavy atom. The molecule has 6 rings (SSSR count). The molecule has 5 heteroatoms. The van der Waals surface area contributed by atoms with E-state index < -0.39 is 6.29 Å². The Kier molecular flexibility index (Phi) is 7.80. The molecule has 2 aliphatic heterocycles. The maximum absolute atomic E-state index is 13.8. The summed E-state index contributed by atoms with van der Waals surface area (Å²) < 4.78 is 12.6. The van der Waals surface area contributed by atoms with Crippen molar-refractivity contribution < 1.29 is 19.4 Å². The molecule has 1 saturated heterocycles. The van der Waals surface area contributed by atoms with E-state index in [1.54, 1.807) is 0 Å². The molecule has 1 N–H and O–H groups in total. The number of hydrogen-bond donors (Lipinski definition) is 1. The average molecular weight is 524 g/mol. The first-order valence-electron chi connectivity index (χ1n) is 14.4. The first-order chi connectivity index (χ1) is 19.2. The third-order valence-corrected chi connectivity index (χ3v) is 8.34. The standard InChI is InChI=1S/C34H37NO4/c36-22-24-13-15-25(16-14-24)23-38-33-21-27(20-32(39-33)34(37)35-17-6-2-1-3-7-18-35)29-11-8-12-30-28-10-5-4-9-26(28)19-31(29)30/h4-5,8-16,20,27,33,36H,1-3,6-7,17-19,21-23H2. The predicted molar refractivity (Wildman–Crippen MR) is 152 cm³/mol. The lowest BCUT2D eigenvalue weighted by Crippen LogP contribution is -2.38. The van der Waals surface area contributed by atoms with Gasteiger partial charge in [0.05, 0.1) is 13.2 Å². The van der Waals surface area contributed by atoms with E-state index in [-0.39, 0.29) is 18.4 Å². The highest BCUT2D eigenvalue weighted by molar-refractivity contribution is 5.92. The summed E-state index contributed by atoms with van der Waals surface area (Å²) in [4.78, 5) is 15.7. The number of carbonyl (C=O) groups excluding carboxylic acids is 1. The largest absolute Gasteiger partial charge is 0.459 e. The molecule has 39 heavy (non-hydrogen) atoms. The molecule has 0 aromatic heterocycles. The Balaban J connectivity index is 1.28. The maximum atomic E-state index is 13.8. The zero-order valence-electron chi connectivity index (χ0n) is 22.5. The number of aliphatic hydroxyl groups is 1. The molecule has 0 radical (unpaired) electrons. The lowest BCUT2D eigenvalue weighted by atomic mass is 9.87. The number of nitrogens with zero attached hydrogens (tertiary/aromatic N) is 1. The van der Waals surface area contributed by atoms with Gasteiger partial charge in [0.15, 0.2) is 5.76 Å². The Hall–Kier alpha value is -3.41. The molecular weight excluding hydrogens is 486 g/mol. The fourth-order valence-electron chi connectivity index (χ4n) is 6.19. The Labute approximate surface area is 231 Å². The van der Waals surface area contributed by atoms with Gasteiger partial charge in [0.25, 0.3) is 5.91 Å². The van der Waals surface area contributed by atoms with Gasteiger partial charge in [0, 0.05) is 25.4 Å². The second-order valence-electron chi connectivity index (χ2n) is 11.0. The smallest absolute Gasteiger partial charge is 0.288 e. The van der Waals surface area contributed by atoms with Crippen molar-refractivity contribution in [2.45, 2.75) is 70.4 Å². The Bertz CT molecular complexity index is 1340. The van der Waals surface area contributed by atoms with Gasteiger partial charge in [-0.2, -0.15) is 0 Å². The van der Waals surface area contributed by atoms with Crippen LogP contribution in [0.15, 0.2) is 78.6 Å². The number of likely N-dealkylation sites (tertiary alicyclic amines) is 1. The molecule has 0 saturated carbocycles. The van der Waals surface area contributed by atoms with E-state index in [1.165, 1.54) is 47.1 Å². The number of rotatable bonds is 6. The van der Waals surface area contributed by atoms with Crippen LogP contribution >= 0.6 is 0 Å². The fourth-order valence-corrected chi connectivity index (χ4v) is 6.19. The average Bonchev–Trinajstić information content (AvgIpc) is 3.35. The zero-order chi connectivity index (χ0) is 26.6. The summed E-state index contributed by atoms with van der Waals surface area (Å²) in [7, 11) is 0. The van der Waals surface area contributed by atoms with Gasteiger partial charge < -0.3 is 19.5 Å². The number of fused-ring (bicyclic) bond motifs is 3.